The quantitative estimate of drug-likeness (QED) is 0.889. The molecule has 0 fully saturated rings. The number of halogens is 1. The molecule has 19 heavy (non-hydrogen) atoms. The van der Waals surface area contributed by atoms with Crippen LogP contribution in [0.25, 0.3) is 11.3 Å². The molecule has 0 saturated heterocycles. The molecule has 0 spiro atoms. The van der Waals surface area contributed by atoms with E-state index in [0.717, 1.165) is 47.3 Å². The Morgan fingerprint density at radius 1 is 1.16 bits per heavy atom. The van der Waals surface area contributed by atoms with Crippen molar-refractivity contribution in [3.63, 3.8) is 0 Å². The summed E-state index contributed by atoms with van der Waals surface area (Å²) in [4.78, 5) is 9.11. The standard InChI is InChI=1S/C15H18ClN3/c1-3-6-14-18-13(10-15(19-14)17-4-2)11-7-5-8-12(16)9-11/h5,7-10H,3-4,6H2,1-2H3,(H,17,18,19). The zero-order valence-corrected chi connectivity index (χ0v) is 12.0. The normalized spacial score (nSPS) is 10.5. The van der Waals surface area contributed by atoms with Crippen LogP contribution in [-0.4, -0.2) is 16.5 Å². The lowest BCUT2D eigenvalue weighted by atomic mass is 10.1. The first-order valence-corrected chi connectivity index (χ1v) is 6.98. The van der Waals surface area contributed by atoms with E-state index in [4.69, 9.17) is 11.6 Å². The average molecular weight is 276 g/mol. The zero-order chi connectivity index (χ0) is 13.7. The maximum Gasteiger partial charge on any atom is 0.131 e. The molecule has 1 heterocycles. The SMILES string of the molecule is CCCc1nc(NCC)cc(-c2cccc(Cl)c2)n1. The molecule has 2 rings (SSSR count). The van der Waals surface area contributed by atoms with Crippen LogP contribution in [0.2, 0.25) is 5.02 Å². The van der Waals surface area contributed by atoms with Crippen molar-refractivity contribution in [3.8, 4) is 11.3 Å². The van der Waals surface area contributed by atoms with Gasteiger partial charge in [-0.15, -0.1) is 0 Å². The molecule has 0 aliphatic carbocycles. The second kappa shape index (κ2) is 6.53. The Hall–Kier alpha value is -1.61. The summed E-state index contributed by atoms with van der Waals surface area (Å²) in [6.45, 7) is 5.03. The lowest BCUT2D eigenvalue weighted by Crippen LogP contribution is -2.04. The molecule has 0 bridgehead atoms. The smallest absolute Gasteiger partial charge is 0.131 e. The van der Waals surface area contributed by atoms with Crippen LogP contribution < -0.4 is 5.32 Å². The molecule has 0 atom stereocenters. The molecule has 0 aliphatic rings. The molecule has 4 heteroatoms. The van der Waals surface area contributed by atoms with E-state index in [0.29, 0.717) is 0 Å². The monoisotopic (exact) mass is 275 g/mol. The molecule has 0 unspecified atom stereocenters. The highest BCUT2D eigenvalue weighted by molar-refractivity contribution is 6.30. The summed E-state index contributed by atoms with van der Waals surface area (Å²) < 4.78 is 0. The predicted octanol–water partition coefficient (Wildman–Crippen LogP) is 4.18. The summed E-state index contributed by atoms with van der Waals surface area (Å²) >= 11 is 6.04. The third kappa shape index (κ3) is 3.67. The van der Waals surface area contributed by atoms with Crippen molar-refractivity contribution >= 4 is 17.4 Å². The van der Waals surface area contributed by atoms with Gasteiger partial charge in [-0.3, -0.25) is 0 Å². The van der Waals surface area contributed by atoms with Crippen molar-refractivity contribution in [3.05, 3.63) is 41.2 Å². The molecule has 100 valence electrons. The molecule has 1 N–H and O–H groups in total. The first-order valence-electron chi connectivity index (χ1n) is 6.60. The van der Waals surface area contributed by atoms with Gasteiger partial charge in [0.25, 0.3) is 0 Å². The van der Waals surface area contributed by atoms with Crippen molar-refractivity contribution in [1.82, 2.24) is 9.97 Å². The maximum absolute atomic E-state index is 6.04. The van der Waals surface area contributed by atoms with E-state index >= 15 is 0 Å². The van der Waals surface area contributed by atoms with Gasteiger partial charge in [-0.25, -0.2) is 9.97 Å². The number of hydrogen-bond donors (Lipinski definition) is 1. The minimum absolute atomic E-state index is 0.721. The zero-order valence-electron chi connectivity index (χ0n) is 11.3. The van der Waals surface area contributed by atoms with Gasteiger partial charge in [0.15, 0.2) is 0 Å². The third-order valence-corrected chi connectivity index (χ3v) is 2.96. The van der Waals surface area contributed by atoms with Crippen LogP contribution in [0, 0.1) is 0 Å². The molecule has 0 radical (unpaired) electrons. The molecule has 0 aliphatic heterocycles. The number of aromatic nitrogens is 2. The van der Waals surface area contributed by atoms with E-state index in [-0.39, 0.29) is 0 Å². The Balaban J connectivity index is 2.43. The van der Waals surface area contributed by atoms with Crippen LogP contribution in [0.1, 0.15) is 26.1 Å². The van der Waals surface area contributed by atoms with E-state index in [1.807, 2.05) is 30.3 Å². The van der Waals surface area contributed by atoms with Crippen molar-refractivity contribution < 1.29 is 0 Å². The fourth-order valence-corrected chi connectivity index (χ4v) is 2.09. The van der Waals surface area contributed by atoms with Crippen LogP contribution in [-0.2, 0) is 6.42 Å². The number of hydrogen-bond acceptors (Lipinski definition) is 3. The average Bonchev–Trinajstić information content (AvgIpc) is 2.39. The van der Waals surface area contributed by atoms with E-state index < -0.39 is 0 Å². The summed E-state index contributed by atoms with van der Waals surface area (Å²) in [6.07, 6.45) is 1.91. The summed E-state index contributed by atoms with van der Waals surface area (Å²) in [6, 6.07) is 9.71. The van der Waals surface area contributed by atoms with E-state index in [2.05, 4.69) is 29.1 Å². The van der Waals surface area contributed by atoms with E-state index in [1.54, 1.807) is 0 Å². The van der Waals surface area contributed by atoms with Gasteiger partial charge >= 0.3 is 0 Å². The number of nitrogens with zero attached hydrogens (tertiary/aromatic N) is 2. The molecule has 1 aromatic carbocycles. The highest BCUT2D eigenvalue weighted by Gasteiger charge is 2.06. The molecular weight excluding hydrogens is 258 g/mol. The van der Waals surface area contributed by atoms with Gasteiger partial charge in [0.1, 0.15) is 11.6 Å². The maximum atomic E-state index is 6.04. The van der Waals surface area contributed by atoms with Crippen molar-refractivity contribution in [2.45, 2.75) is 26.7 Å². The Labute approximate surface area is 119 Å². The largest absolute Gasteiger partial charge is 0.370 e. The first-order chi connectivity index (χ1) is 9.22. The highest BCUT2D eigenvalue weighted by Crippen LogP contribution is 2.23. The van der Waals surface area contributed by atoms with Gasteiger partial charge in [-0.2, -0.15) is 0 Å². The Morgan fingerprint density at radius 3 is 2.68 bits per heavy atom. The summed E-state index contributed by atoms with van der Waals surface area (Å²) in [5.41, 5.74) is 1.93. The number of benzene rings is 1. The number of rotatable bonds is 5. The van der Waals surface area contributed by atoms with Gasteiger partial charge in [0.2, 0.25) is 0 Å². The second-order valence-corrected chi connectivity index (χ2v) is 4.78. The number of anilines is 1. The van der Waals surface area contributed by atoms with Crippen LogP contribution >= 0.6 is 11.6 Å². The van der Waals surface area contributed by atoms with Crippen LogP contribution in [0.5, 0.6) is 0 Å². The molecular formula is C15H18ClN3. The predicted molar refractivity (Wildman–Crippen MR) is 80.6 cm³/mol. The van der Waals surface area contributed by atoms with Crippen LogP contribution in [0.15, 0.2) is 30.3 Å². The van der Waals surface area contributed by atoms with Gasteiger partial charge in [0, 0.05) is 29.6 Å². The first kappa shape index (κ1) is 13.8. The fraction of sp³-hybridized carbons (Fsp3) is 0.333. The molecule has 0 amide bonds. The van der Waals surface area contributed by atoms with Crippen LogP contribution in [0.3, 0.4) is 0 Å². The number of nitrogens with one attached hydrogen (secondary N) is 1. The van der Waals surface area contributed by atoms with Gasteiger partial charge in [0.05, 0.1) is 5.69 Å². The minimum Gasteiger partial charge on any atom is -0.370 e. The number of aryl methyl sites for hydroxylation is 1. The molecule has 2 aromatic rings. The topological polar surface area (TPSA) is 37.8 Å². The van der Waals surface area contributed by atoms with Gasteiger partial charge < -0.3 is 5.32 Å². The summed E-state index contributed by atoms with van der Waals surface area (Å²) in [5.74, 6) is 1.74. The van der Waals surface area contributed by atoms with E-state index in [9.17, 15) is 0 Å². The van der Waals surface area contributed by atoms with Crippen molar-refractivity contribution in [2.75, 3.05) is 11.9 Å². The highest BCUT2D eigenvalue weighted by atomic mass is 35.5. The second-order valence-electron chi connectivity index (χ2n) is 4.35. The van der Waals surface area contributed by atoms with Gasteiger partial charge in [-0.1, -0.05) is 30.7 Å². The lowest BCUT2D eigenvalue weighted by molar-refractivity contribution is 0.836. The van der Waals surface area contributed by atoms with Crippen LogP contribution in [0.4, 0.5) is 5.82 Å². The minimum atomic E-state index is 0.721. The Morgan fingerprint density at radius 2 is 2.00 bits per heavy atom. The van der Waals surface area contributed by atoms with Crippen molar-refractivity contribution in [1.29, 1.82) is 0 Å². The fourth-order valence-electron chi connectivity index (χ4n) is 1.90. The van der Waals surface area contributed by atoms with Gasteiger partial charge in [-0.05, 0) is 25.5 Å². The lowest BCUT2D eigenvalue weighted by Gasteiger charge is -2.09. The van der Waals surface area contributed by atoms with E-state index in [1.165, 1.54) is 0 Å². The molecule has 0 saturated carbocycles. The summed E-state index contributed by atoms with van der Waals surface area (Å²) in [7, 11) is 0. The summed E-state index contributed by atoms with van der Waals surface area (Å²) in [5, 5.41) is 3.97. The Kier molecular flexibility index (Phi) is 4.74. The molecule has 1 aromatic heterocycles. The third-order valence-electron chi connectivity index (χ3n) is 2.72. The van der Waals surface area contributed by atoms with Crippen molar-refractivity contribution in [2.24, 2.45) is 0 Å². The Bertz CT molecular complexity index is 531. The molecule has 3 nitrogen and oxygen atoms in total.